The van der Waals surface area contributed by atoms with Crippen molar-refractivity contribution in [1.29, 1.82) is 5.26 Å². The number of nitriles is 1. The molecule has 1 aliphatic carbocycles. The average Bonchev–Trinajstić information content (AvgIpc) is 2.58. The lowest BCUT2D eigenvalue weighted by atomic mass is 9.85. The number of carbonyl (C=O) groups excluding carboxylic acids is 1. The Hall–Kier alpha value is -2.21. The number of amides is 1. The molecule has 1 heterocycles. The van der Waals surface area contributed by atoms with Gasteiger partial charge < -0.3 is 14.5 Å². The Morgan fingerprint density at radius 1 is 1.43 bits per heavy atom. The normalized spacial score (nSPS) is 21.5. The fraction of sp³-hybridized carbons (Fsp3) is 0.667. The Morgan fingerprint density at radius 3 is 2.61 bits per heavy atom. The number of alkyl halides is 2. The minimum atomic E-state index is -3.09. The van der Waals surface area contributed by atoms with Crippen LogP contribution in [0.4, 0.5) is 19.5 Å². The molecule has 154 valence electrons. The summed E-state index contributed by atoms with van der Waals surface area (Å²) in [6.07, 6.45) is 0.848. The molecule has 0 spiro atoms. The summed E-state index contributed by atoms with van der Waals surface area (Å²) >= 11 is 5.93. The molecule has 2 unspecified atom stereocenters. The summed E-state index contributed by atoms with van der Waals surface area (Å²) in [7, 11) is 2.88. The summed E-state index contributed by atoms with van der Waals surface area (Å²) < 4.78 is 35.1. The fourth-order valence-corrected chi connectivity index (χ4v) is 3.44. The van der Waals surface area contributed by atoms with Crippen molar-refractivity contribution < 1.29 is 18.3 Å². The number of hydrogen-bond acceptors (Lipinski definition) is 6. The van der Waals surface area contributed by atoms with Gasteiger partial charge >= 0.3 is 6.09 Å². The lowest BCUT2D eigenvalue weighted by Gasteiger charge is -2.46. The zero-order chi connectivity index (χ0) is 21.3. The molecular weight excluding hydrogens is 392 g/mol. The van der Waals surface area contributed by atoms with Crippen molar-refractivity contribution >= 4 is 23.6 Å². The van der Waals surface area contributed by atoms with E-state index < -0.39 is 29.7 Å². The van der Waals surface area contributed by atoms with E-state index >= 15 is 0 Å². The molecule has 0 saturated heterocycles. The molecule has 0 radical (unpaired) electrons. The van der Waals surface area contributed by atoms with Crippen LogP contribution >= 0.6 is 11.6 Å². The zero-order valence-electron chi connectivity index (χ0n) is 16.5. The van der Waals surface area contributed by atoms with Crippen LogP contribution in [-0.2, 0) is 4.74 Å². The average molecular weight is 416 g/mol. The van der Waals surface area contributed by atoms with E-state index in [-0.39, 0.29) is 29.5 Å². The Bertz CT molecular complexity index is 778. The smallest absolute Gasteiger partial charge is 0.410 e. The summed E-state index contributed by atoms with van der Waals surface area (Å²) in [5, 5.41) is 8.83. The summed E-state index contributed by atoms with van der Waals surface area (Å²) in [6.45, 7) is 5.14. The van der Waals surface area contributed by atoms with Crippen LogP contribution in [0.15, 0.2) is 6.20 Å². The summed E-state index contributed by atoms with van der Waals surface area (Å²) in [5.41, 5.74) is -0.690. The maximum absolute atomic E-state index is 14.9. The lowest BCUT2D eigenvalue weighted by molar-refractivity contribution is -0.0813. The lowest BCUT2D eigenvalue weighted by Crippen LogP contribution is -2.62. The second kappa shape index (κ2) is 8.03. The van der Waals surface area contributed by atoms with Gasteiger partial charge in [-0.05, 0) is 33.6 Å². The van der Waals surface area contributed by atoms with Gasteiger partial charge in [0.25, 0.3) is 5.92 Å². The van der Waals surface area contributed by atoms with E-state index in [2.05, 4.69) is 9.97 Å². The number of carbonyl (C=O) groups is 1. The van der Waals surface area contributed by atoms with Crippen molar-refractivity contribution in [2.45, 2.75) is 63.6 Å². The Labute approximate surface area is 168 Å². The molecule has 1 amide bonds. The van der Waals surface area contributed by atoms with Gasteiger partial charge in [0, 0.05) is 20.5 Å². The molecule has 0 bridgehead atoms. The minimum absolute atomic E-state index is 0.0434. The van der Waals surface area contributed by atoms with Crippen molar-refractivity contribution in [1.82, 2.24) is 14.9 Å². The topological polar surface area (TPSA) is 82.4 Å². The first-order chi connectivity index (χ1) is 12.9. The molecule has 2 atom stereocenters. The molecule has 2 rings (SSSR count). The third-order valence-corrected chi connectivity index (χ3v) is 4.86. The predicted molar refractivity (Wildman–Crippen MR) is 101 cm³/mol. The second-order valence-electron chi connectivity index (χ2n) is 7.85. The van der Waals surface area contributed by atoms with Gasteiger partial charge in [0.2, 0.25) is 5.95 Å². The SMILES string of the molecule is CN(C(=O)OC(C)(C)C)C1CCCC(F)(F)C1N(C)c1ncc(C#N)c(Cl)n1. The van der Waals surface area contributed by atoms with Crippen molar-refractivity contribution in [3.05, 3.63) is 16.9 Å². The predicted octanol–water partition coefficient (Wildman–Crippen LogP) is 3.86. The van der Waals surface area contributed by atoms with Crippen LogP contribution in [0.2, 0.25) is 5.15 Å². The monoisotopic (exact) mass is 415 g/mol. The number of hydrogen-bond donors (Lipinski definition) is 0. The van der Waals surface area contributed by atoms with Crippen LogP contribution in [0.1, 0.15) is 45.6 Å². The molecule has 1 aromatic rings. The highest BCUT2D eigenvalue weighted by Gasteiger charge is 2.52. The Balaban J connectivity index is 2.36. The van der Waals surface area contributed by atoms with E-state index in [4.69, 9.17) is 21.6 Å². The molecule has 0 aliphatic heterocycles. The summed E-state index contributed by atoms with van der Waals surface area (Å²) in [6, 6.07) is -0.363. The van der Waals surface area contributed by atoms with Crippen LogP contribution in [-0.4, -0.2) is 58.7 Å². The van der Waals surface area contributed by atoms with Crippen LogP contribution in [0, 0.1) is 11.3 Å². The Morgan fingerprint density at radius 2 is 2.07 bits per heavy atom. The maximum Gasteiger partial charge on any atom is 0.410 e. The van der Waals surface area contributed by atoms with Crippen molar-refractivity contribution in [3.63, 3.8) is 0 Å². The van der Waals surface area contributed by atoms with E-state index in [1.54, 1.807) is 20.8 Å². The fourth-order valence-electron chi connectivity index (χ4n) is 3.27. The molecule has 10 heteroatoms. The molecule has 1 saturated carbocycles. The van der Waals surface area contributed by atoms with Gasteiger partial charge in [-0.2, -0.15) is 10.2 Å². The highest BCUT2D eigenvalue weighted by molar-refractivity contribution is 6.30. The molecule has 28 heavy (non-hydrogen) atoms. The van der Waals surface area contributed by atoms with Crippen molar-refractivity contribution in [2.24, 2.45) is 0 Å². The number of nitrogens with zero attached hydrogens (tertiary/aromatic N) is 5. The number of rotatable bonds is 3. The van der Waals surface area contributed by atoms with Gasteiger partial charge in [-0.15, -0.1) is 0 Å². The Kier molecular flexibility index (Phi) is 6.34. The molecule has 0 aromatic carbocycles. The molecule has 1 aromatic heterocycles. The summed E-state index contributed by atoms with van der Waals surface area (Å²) in [5.74, 6) is -3.13. The van der Waals surface area contributed by atoms with Crippen LogP contribution in [0.5, 0.6) is 0 Å². The van der Waals surface area contributed by atoms with Gasteiger partial charge in [-0.25, -0.2) is 18.6 Å². The highest BCUT2D eigenvalue weighted by atomic mass is 35.5. The van der Waals surface area contributed by atoms with E-state index in [9.17, 15) is 13.6 Å². The first kappa shape index (κ1) is 22.1. The first-order valence-electron chi connectivity index (χ1n) is 8.86. The third-order valence-electron chi connectivity index (χ3n) is 4.57. The van der Waals surface area contributed by atoms with E-state index in [0.29, 0.717) is 6.42 Å². The number of aromatic nitrogens is 2. The van der Waals surface area contributed by atoms with Gasteiger partial charge in [-0.3, -0.25) is 0 Å². The second-order valence-corrected chi connectivity index (χ2v) is 8.21. The van der Waals surface area contributed by atoms with E-state index in [1.165, 1.54) is 30.1 Å². The van der Waals surface area contributed by atoms with Crippen LogP contribution < -0.4 is 4.90 Å². The van der Waals surface area contributed by atoms with Gasteiger partial charge in [0.15, 0.2) is 5.15 Å². The number of halogens is 3. The quantitative estimate of drug-likeness (QED) is 0.697. The number of ether oxygens (including phenoxy) is 1. The van der Waals surface area contributed by atoms with E-state index in [1.807, 2.05) is 6.07 Å². The van der Waals surface area contributed by atoms with Crippen molar-refractivity contribution in [2.75, 3.05) is 19.0 Å². The van der Waals surface area contributed by atoms with Crippen molar-refractivity contribution in [3.8, 4) is 6.07 Å². The third kappa shape index (κ3) is 4.79. The zero-order valence-corrected chi connectivity index (χ0v) is 17.3. The van der Waals surface area contributed by atoms with Crippen LogP contribution in [0.25, 0.3) is 0 Å². The van der Waals surface area contributed by atoms with Gasteiger partial charge in [0.1, 0.15) is 23.3 Å². The minimum Gasteiger partial charge on any atom is -0.444 e. The van der Waals surface area contributed by atoms with Gasteiger partial charge in [-0.1, -0.05) is 11.6 Å². The number of likely N-dealkylation sites (N-methyl/N-ethyl adjacent to an activating group) is 2. The van der Waals surface area contributed by atoms with Crippen LogP contribution in [0.3, 0.4) is 0 Å². The standard InChI is InChI=1S/C18H24ClF2N5O2/c1-17(2,3)28-16(27)25(4)12-7-6-8-18(20,21)13(12)26(5)15-23-10-11(9-22)14(19)24-15/h10,12-13H,6-8H2,1-5H3. The van der Waals surface area contributed by atoms with Gasteiger partial charge in [0.05, 0.1) is 12.2 Å². The van der Waals surface area contributed by atoms with E-state index in [0.717, 1.165) is 0 Å². The number of anilines is 1. The molecular formula is C18H24ClF2N5O2. The summed E-state index contributed by atoms with van der Waals surface area (Å²) in [4.78, 5) is 22.9. The molecule has 1 fully saturated rings. The first-order valence-corrected chi connectivity index (χ1v) is 9.24. The maximum atomic E-state index is 14.9. The largest absolute Gasteiger partial charge is 0.444 e. The highest BCUT2D eigenvalue weighted by Crippen LogP contribution is 2.39. The molecule has 1 aliphatic rings. The molecule has 0 N–H and O–H groups in total. The molecule has 7 nitrogen and oxygen atoms in total.